The van der Waals surface area contributed by atoms with Crippen molar-refractivity contribution in [2.75, 3.05) is 0 Å². The standard InChI is InChI=1S/C10H18/c1-2-10-8-6-4-3-5-7-9-10/h1,10H,2-9H2. The Morgan fingerprint density at radius 3 is 1.90 bits per heavy atom. The molecule has 0 amide bonds. The van der Waals surface area contributed by atoms with Gasteiger partial charge in [0.1, 0.15) is 0 Å². The van der Waals surface area contributed by atoms with E-state index in [1.165, 1.54) is 44.9 Å². The summed E-state index contributed by atoms with van der Waals surface area (Å²) in [5.74, 6) is 0.847. The molecule has 0 heteroatoms. The van der Waals surface area contributed by atoms with Crippen LogP contribution in [0.2, 0.25) is 0 Å². The van der Waals surface area contributed by atoms with Crippen LogP contribution in [0.3, 0.4) is 0 Å². The molecule has 0 N–H and O–H groups in total. The Balaban J connectivity index is 2.16. The van der Waals surface area contributed by atoms with Crippen LogP contribution in [-0.2, 0) is 0 Å². The van der Waals surface area contributed by atoms with E-state index in [1.54, 1.807) is 0 Å². The zero-order valence-electron chi connectivity index (χ0n) is 6.81. The molecule has 0 aromatic rings. The summed E-state index contributed by atoms with van der Waals surface area (Å²) in [6, 6.07) is 0. The van der Waals surface area contributed by atoms with Gasteiger partial charge in [0.15, 0.2) is 0 Å². The van der Waals surface area contributed by atoms with Crippen LogP contribution >= 0.6 is 0 Å². The molecule has 1 fully saturated rings. The van der Waals surface area contributed by atoms with Crippen molar-refractivity contribution in [3.63, 3.8) is 0 Å². The first-order chi connectivity index (χ1) is 4.93. The van der Waals surface area contributed by atoms with Crippen LogP contribution in [0.4, 0.5) is 0 Å². The van der Waals surface area contributed by atoms with E-state index in [0.29, 0.717) is 0 Å². The predicted molar refractivity (Wildman–Crippen MR) is 44.7 cm³/mol. The Labute approximate surface area is 65.0 Å². The lowest BCUT2D eigenvalue weighted by atomic mass is 9.90. The van der Waals surface area contributed by atoms with Crippen molar-refractivity contribution in [2.24, 2.45) is 5.92 Å². The van der Waals surface area contributed by atoms with Gasteiger partial charge in [-0.1, -0.05) is 44.9 Å². The van der Waals surface area contributed by atoms with Crippen LogP contribution in [-0.4, -0.2) is 0 Å². The van der Waals surface area contributed by atoms with Crippen molar-refractivity contribution >= 4 is 0 Å². The third kappa shape index (κ3) is 2.72. The highest BCUT2D eigenvalue weighted by Crippen LogP contribution is 2.23. The molecule has 0 aromatic carbocycles. The molecule has 1 rings (SSSR count). The number of hydrogen-bond acceptors (Lipinski definition) is 0. The van der Waals surface area contributed by atoms with E-state index in [2.05, 4.69) is 0 Å². The summed E-state index contributed by atoms with van der Waals surface area (Å²) in [5.41, 5.74) is 0. The first-order valence-electron chi connectivity index (χ1n) is 4.63. The van der Waals surface area contributed by atoms with E-state index in [-0.39, 0.29) is 0 Å². The van der Waals surface area contributed by atoms with Crippen molar-refractivity contribution < 1.29 is 0 Å². The Hall–Kier alpha value is 0. The minimum atomic E-state index is 0.847. The van der Waals surface area contributed by atoms with Gasteiger partial charge in [0.05, 0.1) is 0 Å². The lowest BCUT2D eigenvalue weighted by Crippen LogP contribution is -2.01. The predicted octanol–water partition coefficient (Wildman–Crippen LogP) is 3.45. The summed E-state index contributed by atoms with van der Waals surface area (Å²) in [7, 11) is 0. The molecule has 1 saturated carbocycles. The van der Waals surface area contributed by atoms with Gasteiger partial charge in [0, 0.05) is 0 Å². The summed E-state index contributed by atoms with van der Waals surface area (Å²) in [6.45, 7) is 5.62. The van der Waals surface area contributed by atoms with Crippen molar-refractivity contribution in [3.05, 3.63) is 6.92 Å². The molecule has 0 nitrogen and oxygen atoms in total. The van der Waals surface area contributed by atoms with Gasteiger partial charge in [-0.25, -0.2) is 0 Å². The van der Waals surface area contributed by atoms with Crippen LogP contribution in [0.25, 0.3) is 0 Å². The zero-order chi connectivity index (χ0) is 7.23. The van der Waals surface area contributed by atoms with Crippen molar-refractivity contribution in [1.29, 1.82) is 0 Å². The highest BCUT2D eigenvalue weighted by molar-refractivity contribution is 4.64. The average Bonchev–Trinajstić information content (AvgIpc) is 1.87. The fourth-order valence-corrected chi connectivity index (χ4v) is 1.78. The number of hydrogen-bond donors (Lipinski definition) is 0. The topological polar surface area (TPSA) is 0 Å². The maximum absolute atomic E-state index is 5.62. The second kappa shape index (κ2) is 4.76. The Morgan fingerprint density at radius 1 is 0.900 bits per heavy atom. The van der Waals surface area contributed by atoms with Gasteiger partial charge in [-0.2, -0.15) is 0 Å². The van der Waals surface area contributed by atoms with Crippen LogP contribution < -0.4 is 0 Å². The summed E-state index contributed by atoms with van der Waals surface area (Å²) >= 11 is 0. The van der Waals surface area contributed by atoms with Crippen LogP contribution in [0.5, 0.6) is 0 Å². The molecule has 0 bridgehead atoms. The first-order valence-corrected chi connectivity index (χ1v) is 4.63. The lowest BCUT2D eigenvalue weighted by molar-refractivity contribution is 0.380. The largest absolute Gasteiger partial charge is 0.0533 e. The van der Waals surface area contributed by atoms with E-state index < -0.39 is 0 Å². The van der Waals surface area contributed by atoms with Gasteiger partial charge < -0.3 is 0 Å². The Morgan fingerprint density at radius 2 is 1.40 bits per heavy atom. The first kappa shape index (κ1) is 8.10. The number of rotatable bonds is 1. The van der Waals surface area contributed by atoms with Crippen LogP contribution in [0, 0.1) is 12.8 Å². The summed E-state index contributed by atoms with van der Waals surface area (Å²) in [5, 5.41) is 0. The highest BCUT2D eigenvalue weighted by atomic mass is 14.1. The summed E-state index contributed by atoms with van der Waals surface area (Å²) in [6.07, 6.45) is 10.9. The Kier molecular flexibility index (Phi) is 3.86. The maximum Gasteiger partial charge on any atom is -0.0349 e. The molecule has 0 aliphatic heterocycles. The smallest absolute Gasteiger partial charge is 0.0349 e. The summed E-state index contributed by atoms with van der Waals surface area (Å²) in [4.78, 5) is 0. The minimum absolute atomic E-state index is 0.847. The highest BCUT2D eigenvalue weighted by Gasteiger charge is 2.07. The van der Waals surface area contributed by atoms with Gasteiger partial charge in [-0.05, 0) is 19.3 Å². The van der Waals surface area contributed by atoms with Gasteiger partial charge in [-0.15, -0.1) is 0 Å². The normalized spacial score (nSPS) is 23.7. The quantitative estimate of drug-likeness (QED) is 0.520. The molecule has 0 spiro atoms. The third-order valence-electron chi connectivity index (χ3n) is 2.56. The maximum atomic E-state index is 5.62. The van der Waals surface area contributed by atoms with Gasteiger partial charge in [-0.3, -0.25) is 0 Å². The minimum Gasteiger partial charge on any atom is -0.0533 e. The Bertz CT molecular complexity index is 68.1. The molecule has 1 aliphatic carbocycles. The van der Waals surface area contributed by atoms with Crippen LogP contribution in [0.15, 0.2) is 0 Å². The van der Waals surface area contributed by atoms with Crippen molar-refractivity contribution in [1.82, 2.24) is 0 Å². The van der Waals surface area contributed by atoms with E-state index in [9.17, 15) is 0 Å². The molecule has 58 valence electrons. The fraction of sp³-hybridized carbons (Fsp3) is 0.900. The molecule has 0 atom stereocenters. The molecule has 0 unspecified atom stereocenters. The van der Waals surface area contributed by atoms with Gasteiger partial charge in [0.2, 0.25) is 0 Å². The molecule has 0 saturated heterocycles. The molecule has 0 aromatic heterocycles. The lowest BCUT2D eigenvalue weighted by Gasteiger charge is -2.16. The van der Waals surface area contributed by atoms with Gasteiger partial charge >= 0.3 is 0 Å². The van der Waals surface area contributed by atoms with E-state index >= 15 is 0 Å². The molecule has 10 heavy (non-hydrogen) atoms. The third-order valence-corrected chi connectivity index (χ3v) is 2.56. The van der Waals surface area contributed by atoms with E-state index in [0.717, 1.165) is 12.3 Å². The molecule has 2 radical (unpaired) electrons. The SMILES string of the molecule is [CH]CC1CCCCCCC1. The van der Waals surface area contributed by atoms with Crippen molar-refractivity contribution in [2.45, 2.75) is 51.4 Å². The average molecular weight is 138 g/mol. The summed E-state index contributed by atoms with van der Waals surface area (Å²) < 4.78 is 0. The van der Waals surface area contributed by atoms with Crippen LogP contribution in [0.1, 0.15) is 51.4 Å². The van der Waals surface area contributed by atoms with E-state index in [1.807, 2.05) is 0 Å². The second-order valence-electron chi connectivity index (χ2n) is 3.45. The van der Waals surface area contributed by atoms with E-state index in [4.69, 9.17) is 6.92 Å². The zero-order valence-corrected chi connectivity index (χ0v) is 6.81. The van der Waals surface area contributed by atoms with Gasteiger partial charge in [0.25, 0.3) is 0 Å². The molecular weight excluding hydrogens is 120 g/mol. The molecule has 1 aliphatic rings. The fourth-order valence-electron chi connectivity index (χ4n) is 1.78. The van der Waals surface area contributed by atoms with Crippen molar-refractivity contribution in [3.8, 4) is 0 Å². The molecular formula is C10H18. The monoisotopic (exact) mass is 138 g/mol. The second-order valence-corrected chi connectivity index (χ2v) is 3.45. The molecule has 0 heterocycles.